The molecule has 0 saturated carbocycles. The summed E-state index contributed by atoms with van der Waals surface area (Å²) in [6.07, 6.45) is 4.26. The van der Waals surface area contributed by atoms with Crippen molar-refractivity contribution in [2.45, 2.75) is 26.3 Å². The molecule has 3 heterocycles. The fraction of sp³-hybridized carbons (Fsp3) is 0.375. The van der Waals surface area contributed by atoms with Gasteiger partial charge >= 0.3 is 0 Å². The van der Waals surface area contributed by atoms with E-state index in [0.717, 1.165) is 42.3 Å². The van der Waals surface area contributed by atoms with E-state index in [-0.39, 0.29) is 11.9 Å². The molecule has 3 rings (SSSR count). The van der Waals surface area contributed by atoms with Crippen LogP contribution in [-0.4, -0.2) is 40.0 Å². The van der Waals surface area contributed by atoms with Crippen LogP contribution in [0, 0.1) is 13.8 Å². The first kappa shape index (κ1) is 16.4. The summed E-state index contributed by atoms with van der Waals surface area (Å²) in [6.45, 7) is 5.40. The number of anilines is 2. The second-order valence-electron chi connectivity index (χ2n) is 5.88. The molecule has 0 spiro atoms. The van der Waals surface area contributed by atoms with Gasteiger partial charge in [0.25, 0.3) is 5.91 Å². The van der Waals surface area contributed by atoms with Crippen molar-refractivity contribution in [3.8, 4) is 0 Å². The Morgan fingerprint density at radius 3 is 2.92 bits per heavy atom. The molecule has 126 valence electrons. The first-order chi connectivity index (χ1) is 11.5. The van der Waals surface area contributed by atoms with E-state index in [2.05, 4.69) is 25.2 Å². The zero-order valence-corrected chi connectivity index (χ0v) is 14.3. The number of aromatic nitrogens is 3. The topological polar surface area (TPSA) is 97.0 Å². The van der Waals surface area contributed by atoms with Gasteiger partial charge in [-0.3, -0.25) is 9.78 Å². The van der Waals surface area contributed by atoms with Crippen LogP contribution in [-0.2, 0) is 0 Å². The number of rotatable bonds is 4. The average molecular weight is 347 g/mol. The van der Waals surface area contributed by atoms with E-state index in [9.17, 15) is 4.79 Å². The van der Waals surface area contributed by atoms with Gasteiger partial charge in [0.2, 0.25) is 5.82 Å². The number of amides is 1. The van der Waals surface area contributed by atoms with Gasteiger partial charge in [-0.25, -0.2) is 9.97 Å². The summed E-state index contributed by atoms with van der Waals surface area (Å²) in [5.41, 5.74) is 7.93. The van der Waals surface area contributed by atoms with Gasteiger partial charge in [0.1, 0.15) is 5.82 Å². The van der Waals surface area contributed by atoms with Gasteiger partial charge in [-0.2, -0.15) is 0 Å². The van der Waals surface area contributed by atoms with E-state index >= 15 is 0 Å². The maximum Gasteiger partial charge on any atom is 0.286 e. The molecular weight excluding hydrogens is 328 g/mol. The lowest BCUT2D eigenvalue weighted by molar-refractivity contribution is 0.0990. The molecule has 2 aromatic rings. The summed E-state index contributed by atoms with van der Waals surface area (Å²) in [6, 6.07) is 2.09. The maximum atomic E-state index is 11.4. The summed E-state index contributed by atoms with van der Waals surface area (Å²) in [4.78, 5) is 26.0. The van der Waals surface area contributed by atoms with Crippen LogP contribution in [0.3, 0.4) is 0 Å². The Balaban J connectivity index is 1.78. The number of nitrogens with zero attached hydrogens (tertiary/aromatic N) is 4. The maximum absolute atomic E-state index is 11.4. The summed E-state index contributed by atoms with van der Waals surface area (Å²) < 4.78 is 0. The Hall–Kier alpha value is -2.41. The third kappa shape index (κ3) is 3.26. The Morgan fingerprint density at radius 1 is 1.42 bits per heavy atom. The van der Waals surface area contributed by atoms with Crippen molar-refractivity contribution in [1.29, 1.82) is 0 Å². The van der Waals surface area contributed by atoms with Crippen LogP contribution in [0.2, 0.25) is 5.02 Å². The Morgan fingerprint density at radius 2 is 2.21 bits per heavy atom. The third-order valence-corrected chi connectivity index (χ3v) is 4.50. The summed E-state index contributed by atoms with van der Waals surface area (Å²) in [7, 11) is 0. The van der Waals surface area contributed by atoms with E-state index in [1.807, 2.05) is 19.9 Å². The molecule has 0 bridgehead atoms. The van der Waals surface area contributed by atoms with E-state index in [1.54, 1.807) is 12.4 Å². The molecule has 1 fully saturated rings. The quantitative estimate of drug-likeness (QED) is 0.878. The lowest BCUT2D eigenvalue weighted by Crippen LogP contribution is -2.28. The van der Waals surface area contributed by atoms with Crippen molar-refractivity contribution in [2.24, 2.45) is 5.73 Å². The summed E-state index contributed by atoms with van der Waals surface area (Å²) in [5, 5.41) is 4.03. The van der Waals surface area contributed by atoms with Gasteiger partial charge in [0.05, 0.1) is 10.7 Å². The molecule has 3 N–H and O–H groups in total. The van der Waals surface area contributed by atoms with Gasteiger partial charge < -0.3 is 16.0 Å². The van der Waals surface area contributed by atoms with Crippen molar-refractivity contribution in [3.05, 3.63) is 40.6 Å². The molecule has 0 radical (unpaired) electrons. The zero-order valence-electron chi connectivity index (χ0n) is 13.6. The van der Waals surface area contributed by atoms with Gasteiger partial charge in [-0.15, -0.1) is 0 Å². The second-order valence-corrected chi connectivity index (χ2v) is 6.28. The number of nitrogens with two attached hydrogens (primary N) is 1. The highest BCUT2D eigenvalue weighted by Gasteiger charge is 2.26. The second kappa shape index (κ2) is 6.60. The SMILES string of the molecule is Cc1nc(C(N)=O)nc(N2CC[C@@H](Nc3ccncc3Cl)C2)c1C. The van der Waals surface area contributed by atoms with Crippen LogP contribution < -0.4 is 16.0 Å². The lowest BCUT2D eigenvalue weighted by Gasteiger charge is -2.21. The fourth-order valence-corrected chi connectivity index (χ4v) is 2.99. The first-order valence-electron chi connectivity index (χ1n) is 7.71. The van der Waals surface area contributed by atoms with Gasteiger partial charge in [0.15, 0.2) is 0 Å². The molecule has 24 heavy (non-hydrogen) atoms. The minimum absolute atomic E-state index is 0.0571. The number of hydrogen-bond donors (Lipinski definition) is 2. The van der Waals surface area contributed by atoms with E-state index in [1.165, 1.54) is 0 Å². The van der Waals surface area contributed by atoms with E-state index < -0.39 is 5.91 Å². The molecule has 2 aromatic heterocycles. The molecule has 7 nitrogen and oxygen atoms in total. The molecule has 0 aliphatic carbocycles. The third-order valence-electron chi connectivity index (χ3n) is 4.20. The highest BCUT2D eigenvalue weighted by atomic mass is 35.5. The Labute approximate surface area is 145 Å². The zero-order chi connectivity index (χ0) is 17.3. The van der Waals surface area contributed by atoms with Crippen molar-refractivity contribution < 1.29 is 4.79 Å². The molecule has 0 aromatic carbocycles. The van der Waals surface area contributed by atoms with Crippen molar-refractivity contribution in [3.63, 3.8) is 0 Å². The molecular formula is C16H19ClN6O. The van der Waals surface area contributed by atoms with Crippen molar-refractivity contribution in [2.75, 3.05) is 23.3 Å². The number of pyridine rings is 1. The Bertz CT molecular complexity index is 781. The number of carbonyl (C=O) groups excluding carboxylic acids is 1. The van der Waals surface area contributed by atoms with Gasteiger partial charge in [-0.05, 0) is 26.3 Å². The molecule has 8 heteroatoms. The van der Waals surface area contributed by atoms with Gasteiger partial charge in [0, 0.05) is 42.8 Å². The number of aryl methyl sites for hydroxylation is 1. The predicted octanol–water partition coefficient (Wildman–Crippen LogP) is 1.93. The standard InChI is InChI=1S/C16H19ClN6O/c1-9-10(2)20-15(14(18)24)22-16(9)23-6-4-11(8-23)21-13-3-5-19-7-12(13)17/h3,5,7,11H,4,6,8H2,1-2H3,(H2,18,24)(H,19,21)/t11-/m1/s1. The average Bonchev–Trinajstić information content (AvgIpc) is 3.00. The number of halogens is 1. The molecule has 1 amide bonds. The van der Waals surface area contributed by atoms with Crippen LogP contribution in [0.1, 0.15) is 28.3 Å². The first-order valence-corrected chi connectivity index (χ1v) is 8.09. The highest BCUT2D eigenvalue weighted by molar-refractivity contribution is 6.33. The molecule has 0 unspecified atom stereocenters. The number of hydrogen-bond acceptors (Lipinski definition) is 6. The largest absolute Gasteiger partial charge is 0.379 e. The minimum atomic E-state index is -0.614. The Kier molecular flexibility index (Phi) is 4.53. The van der Waals surface area contributed by atoms with Crippen LogP contribution >= 0.6 is 11.6 Å². The molecule has 1 aliphatic heterocycles. The van der Waals surface area contributed by atoms with Crippen molar-refractivity contribution in [1.82, 2.24) is 15.0 Å². The van der Waals surface area contributed by atoms with Crippen LogP contribution in [0.25, 0.3) is 0 Å². The number of primary amides is 1. The molecule has 1 saturated heterocycles. The smallest absolute Gasteiger partial charge is 0.286 e. The van der Waals surface area contributed by atoms with Gasteiger partial charge in [-0.1, -0.05) is 11.6 Å². The van der Waals surface area contributed by atoms with E-state index in [4.69, 9.17) is 17.3 Å². The van der Waals surface area contributed by atoms with Crippen LogP contribution in [0.15, 0.2) is 18.5 Å². The van der Waals surface area contributed by atoms with Crippen molar-refractivity contribution >= 4 is 29.0 Å². The molecule has 1 aliphatic rings. The van der Waals surface area contributed by atoms with Crippen LogP contribution in [0.5, 0.6) is 0 Å². The number of nitrogens with one attached hydrogen (secondary N) is 1. The lowest BCUT2D eigenvalue weighted by atomic mass is 10.2. The molecule has 1 atom stereocenters. The monoisotopic (exact) mass is 346 g/mol. The summed E-state index contributed by atoms with van der Waals surface area (Å²) >= 11 is 6.15. The van der Waals surface area contributed by atoms with Crippen LogP contribution in [0.4, 0.5) is 11.5 Å². The fourth-order valence-electron chi connectivity index (χ4n) is 2.81. The summed E-state index contributed by atoms with van der Waals surface area (Å²) in [5.74, 6) is 0.208. The number of carbonyl (C=O) groups is 1. The van der Waals surface area contributed by atoms with E-state index in [0.29, 0.717) is 5.02 Å². The highest BCUT2D eigenvalue weighted by Crippen LogP contribution is 2.27. The minimum Gasteiger partial charge on any atom is -0.379 e. The normalized spacial score (nSPS) is 17.1. The predicted molar refractivity (Wildman–Crippen MR) is 93.5 cm³/mol.